The highest BCUT2D eigenvalue weighted by atomic mass is 32.2. The van der Waals surface area contributed by atoms with Gasteiger partial charge in [-0.15, -0.1) is 0 Å². The van der Waals surface area contributed by atoms with Crippen molar-refractivity contribution in [3.8, 4) is 11.5 Å². The molecule has 1 aliphatic heterocycles. The summed E-state index contributed by atoms with van der Waals surface area (Å²) in [7, 11) is 1.61. The Morgan fingerprint density at radius 3 is 2.63 bits per heavy atom. The topological polar surface area (TPSA) is 93.7 Å². The van der Waals surface area contributed by atoms with Crippen LogP contribution >= 0.6 is 11.8 Å². The van der Waals surface area contributed by atoms with Crippen LogP contribution in [0.25, 0.3) is 0 Å². The maximum atomic E-state index is 12.9. The minimum absolute atomic E-state index is 0.00443. The third-order valence-electron chi connectivity index (χ3n) is 4.44. The average Bonchev–Trinajstić information content (AvgIpc) is 3.03. The van der Waals surface area contributed by atoms with Crippen molar-refractivity contribution < 1.29 is 23.9 Å². The number of nitrogens with one attached hydrogen (secondary N) is 2. The average molecular weight is 429 g/mol. The molecule has 1 saturated heterocycles. The fraction of sp³-hybridized carbons (Fsp3) is 0.318. The second-order valence-corrected chi connectivity index (χ2v) is 8.28. The van der Waals surface area contributed by atoms with Crippen LogP contribution in [-0.2, 0) is 11.2 Å². The van der Waals surface area contributed by atoms with Crippen LogP contribution in [0.15, 0.2) is 42.5 Å². The van der Waals surface area contributed by atoms with Gasteiger partial charge in [-0.25, -0.2) is 0 Å². The molecule has 1 fully saturated rings. The molecule has 1 aliphatic rings. The lowest BCUT2D eigenvalue weighted by atomic mass is 9.98. The zero-order valence-electron chi connectivity index (χ0n) is 17.1. The number of carbonyl (C=O) groups excluding carboxylic acids is 3. The highest BCUT2D eigenvalue weighted by molar-refractivity contribution is 8.15. The summed E-state index contributed by atoms with van der Waals surface area (Å²) < 4.78 is 11.1. The molecule has 0 bridgehead atoms. The molecule has 1 heterocycles. The molecule has 2 aromatic rings. The second kappa shape index (κ2) is 9.67. The summed E-state index contributed by atoms with van der Waals surface area (Å²) >= 11 is 0.883. The molecule has 1 unspecified atom stereocenters. The van der Waals surface area contributed by atoms with Crippen LogP contribution in [0.4, 0.5) is 4.79 Å². The molecule has 0 spiro atoms. The Kier molecular flexibility index (Phi) is 6.99. The van der Waals surface area contributed by atoms with Crippen molar-refractivity contribution in [3.05, 3.63) is 59.2 Å². The molecule has 30 heavy (non-hydrogen) atoms. The van der Waals surface area contributed by atoms with Gasteiger partial charge in [0.1, 0.15) is 16.7 Å². The molecule has 7 nitrogen and oxygen atoms in total. The van der Waals surface area contributed by atoms with E-state index >= 15 is 0 Å². The number of ether oxygens (including phenoxy) is 2. The highest BCUT2D eigenvalue weighted by Crippen LogP contribution is 2.24. The number of hydrogen-bond donors (Lipinski definition) is 2. The number of hydrogen-bond acceptors (Lipinski definition) is 6. The Labute approximate surface area is 179 Å². The predicted molar refractivity (Wildman–Crippen MR) is 115 cm³/mol. The van der Waals surface area contributed by atoms with Gasteiger partial charge < -0.3 is 14.8 Å². The van der Waals surface area contributed by atoms with E-state index in [-0.39, 0.29) is 24.5 Å². The van der Waals surface area contributed by atoms with Crippen molar-refractivity contribution >= 4 is 28.8 Å². The Bertz CT molecular complexity index is 960. The van der Waals surface area contributed by atoms with Crippen molar-refractivity contribution in [1.82, 2.24) is 10.6 Å². The molecule has 1 atom stereocenters. The van der Waals surface area contributed by atoms with E-state index in [1.54, 1.807) is 19.2 Å². The molecule has 8 heteroatoms. The van der Waals surface area contributed by atoms with E-state index in [0.717, 1.165) is 28.6 Å². The van der Waals surface area contributed by atoms with Crippen LogP contribution in [0.3, 0.4) is 0 Å². The van der Waals surface area contributed by atoms with Crippen LogP contribution in [0.5, 0.6) is 11.5 Å². The fourth-order valence-corrected chi connectivity index (χ4v) is 3.84. The molecule has 0 aromatic heterocycles. The van der Waals surface area contributed by atoms with Gasteiger partial charge >= 0.3 is 0 Å². The summed E-state index contributed by atoms with van der Waals surface area (Å²) in [5.74, 6) is 0.720. The van der Waals surface area contributed by atoms with Crippen LogP contribution < -0.4 is 20.1 Å². The molecule has 0 saturated carbocycles. The molecular weight excluding hydrogens is 404 g/mol. The first kappa shape index (κ1) is 21.7. The van der Waals surface area contributed by atoms with Crippen LogP contribution in [-0.4, -0.2) is 42.1 Å². The summed E-state index contributed by atoms with van der Waals surface area (Å²) in [6.45, 7) is 3.95. The van der Waals surface area contributed by atoms with E-state index < -0.39 is 10.5 Å². The summed E-state index contributed by atoms with van der Waals surface area (Å²) in [4.78, 5) is 35.9. The van der Waals surface area contributed by atoms with Gasteiger partial charge in [0.15, 0.2) is 0 Å². The number of methoxy groups -OCH3 is 1. The lowest BCUT2D eigenvalue weighted by Gasteiger charge is -2.15. The number of rotatable bonds is 8. The lowest BCUT2D eigenvalue weighted by molar-refractivity contribution is -0.118. The van der Waals surface area contributed by atoms with Crippen molar-refractivity contribution in [3.63, 3.8) is 0 Å². The summed E-state index contributed by atoms with van der Waals surface area (Å²) in [6, 6.07) is 13.0. The summed E-state index contributed by atoms with van der Waals surface area (Å²) in [5, 5.41) is 3.96. The maximum Gasteiger partial charge on any atom is 0.286 e. The van der Waals surface area contributed by atoms with E-state index in [1.165, 1.54) is 0 Å². The van der Waals surface area contributed by atoms with E-state index in [4.69, 9.17) is 9.47 Å². The molecule has 0 aliphatic carbocycles. The first-order valence-electron chi connectivity index (χ1n) is 9.58. The zero-order valence-corrected chi connectivity index (χ0v) is 17.9. The molecule has 2 aromatic carbocycles. The SMILES string of the molecule is COc1cccc(Cc2cc(OC(C)C)ccc2C(=O)NCC2SC(=O)NC2=O)c1. The molecule has 158 valence electrons. The van der Waals surface area contributed by atoms with Gasteiger partial charge in [0.2, 0.25) is 5.91 Å². The van der Waals surface area contributed by atoms with E-state index in [9.17, 15) is 14.4 Å². The molecular formula is C22H24N2O5S. The standard InChI is InChI=1S/C22H24N2O5S/c1-13(2)29-17-7-8-18(20(25)23-12-19-21(26)24-22(27)30-19)15(11-17)9-14-5-4-6-16(10-14)28-3/h4-8,10-11,13,19H,9,12H2,1-3H3,(H,23,25)(H,24,26,27). The first-order valence-corrected chi connectivity index (χ1v) is 10.5. The quantitative estimate of drug-likeness (QED) is 0.671. The Hall–Kier alpha value is -3.00. The van der Waals surface area contributed by atoms with Crippen molar-refractivity contribution in [2.24, 2.45) is 0 Å². The van der Waals surface area contributed by atoms with Gasteiger partial charge in [0, 0.05) is 12.1 Å². The Morgan fingerprint density at radius 2 is 1.97 bits per heavy atom. The first-order chi connectivity index (χ1) is 14.4. The largest absolute Gasteiger partial charge is 0.497 e. The molecule has 2 N–H and O–H groups in total. The predicted octanol–water partition coefficient (Wildman–Crippen LogP) is 3.15. The van der Waals surface area contributed by atoms with Crippen molar-refractivity contribution in [1.29, 1.82) is 0 Å². The van der Waals surface area contributed by atoms with Crippen LogP contribution in [0.1, 0.15) is 35.3 Å². The van der Waals surface area contributed by atoms with Crippen LogP contribution in [0.2, 0.25) is 0 Å². The van der Waals surface area contributed by atoms with Gasteiger partial charge in [-0.2, -0.15) is 0 Å². The van der Waals surface area contributed by atoms with Gasteiger partial charge in [0.05, 0.1) is 13.2 Å². The number of carbonyl (C=O) groups is 3. The monoisotopic (exact) mass is 428 g/mol. The number of thioether (sulfide) groups is 1. The molecule has 3 rings (SSSR count). The second-order valence-electron chi connectivity index (χ2n) is 7.11. The van der Waals surface area contributed by atoms with E-state index in [0.29, 0.717) is 17.7 Å². The zero-order chi connectivity index (χ0) is 21.7. The minimum atomic E-state index is -0.619. The Balaban J connectivity index is 1.81. The van der Waals surface area contributed by atoms with E-state index in [2.05, 4.69) is 10.6 Å². The minimum Gasteiger partial charge on any atom is -0.497 e. The van der Waals surface area contributed by atoms with Gasteiger partial charge in [-0.05, 0) is 73.5 Å². The van der Waals surface area contributed by atoms with Gasteiger partial charge in [0.25, 0.3) is 11.1 Å². The summed E-state index contributed by atoms with van der Waals surface area (Å²) in [6.07, 6.45) is 0.511. The number of imide groups is 1. The Morgan fingerprint density at radius 1 is 1.17 bits per heavy atom. The molecule has 3 amide bonds. The van der Waals surface area contributed by atoms with Gasteiger partial charge in [-0.1, -0.05) is 12.1 Å². The highest BCUT2D eigenvalue weighted by Gasteiger charge is 2.31. The van der Waals surface area contributed by atoms with E-state index in [1.807, 2.05) is 44.2 Å². The smallest absolute Gasteiger partial charge is 0.286 e. The lowest BCUT2D eigenvalue weighted by Crippen LogP contribution is -2.36. The third kappa shape index (κ3) is 5.54. The fourth-order valence-electron chi connectivity index (χ4n) is 3.09. The molecule has 0 radical (unpaired) electrons. The third-order valence-corrected chi connectivity index (χ3v) is 5.42. The van der Waals surface area contributed by atoms with Gasteiger partial charge in [-0.3, -0.25) is 19.7 Å². The number of benzene rings is 2. The maximum absolute atomic E-state index is 12.9. The van der Waals surface area contributed by atoms with Crippen LogP contribution in [0, 0.1) is 0 Å². The van der Waals surface area contributed by atoms with Crippen molar-refractivity contribution in [2.75, 3.05) is 13.7 Å². The summed E-state index contributed by atoms with van der Waals surface area (Å²) in [5.41, 5.74) is 2.27. The van der Waals surface area contributed by atoms with Crippen molar-refractivity contribution in [2.45, 2.75) is 31.6 Å². The number of amides is 3. The normalized spacial score (nSPS) is 15.8.